The van der Waals surface area contributed by atoms with Crippen LogP contribution < -0.4 is 9.46 Å². The van der Waals surface area contributed by atoms with Crippen molar-refractivity contribution in [3.8, 4) is 5.75 Å². The molecule has 0 aliphatic carbocycles. The first-order chi connectivity index (χ1) is 13.8. The number of carboxylic acids is 1. The molecule has 0 atom stereocenters. The normalized spacial score (nSPS) is 11.1. The van der Waals surface area contributed by atoms with Crippen LogP contribution in [-0.2, 0) is 16.6 Å². The van der Waals surface area contributed by atoms with Gasteiger partial charge < -0.3 is 9.84 Å². The molecule has 0 fully saturated rings. The van der Waals surface area contributed by atoms with Crippen LogP contribution in [0.15, 0.2) is 71.6 Å². The van der Waals surface area contributed by atoms with E-state index >= 15 is 0 Å². The number of carboxylic acid groups (broad SMARTS) is 1. The Labute approximate surface area is 169 Å². The van der Waals surface area contributed by atoms with Crippen LogP contribution in [0, 0.1) is 13.8 Å². The van der Waals surface area contributed by atoms with Gasteiger partial charge in [0.1, 0.15) is 12.4 Å². The SMILES string of the molecule is Cc1ccc(NS(=O)(=O)c2ccccc2C)c(OCc2ccc(C(=O)O)cc2)c1. The molecule has 3 aromatic carbocycles. The fourth-order valence-corrected chi connectivity index (χ4v) is 4.11. The first-order valence-electron chi connectivity index (χ1n) is 8.90. The highest BCUT2D eigenvalue weighted by atomic mass is 32.2. The molecule has 6 nitrogen and oxygen atoms in total. The molecule has 0 radical (unpaired) electrons. The van der Waals surface area contributed by atoms with Crippen molar-refractivity contribution in [1.82, 2.24) is 0 Å². The van der Waals surface area contributed by atoms with E-state index < -0.39 is 16.0 Å². The number of sulfonamides is 1. The molecule has 0 amide bonds. The monoisotopic (exact) mass is 411 g/mol. The molecule has 7 heteroatoms. The number of rotatable bonds is 7. The Balaban J connectivity index is 1.82. The maximum atomic E-state index is 12.8. The Morgan fingerprint density at radius 1 is 1.00 bits per heavy atom. The van der Waals surface area contributed by atoms with Gasteiger partial charge in [-0.2, -0.15) is 0 Å². The number of benzene rings is 3. The summed E-state index contributed by atoms with van der Waals surface area (Å²) in [6, 6.07) is 18.3. The van der Waals surface area contributed by atoms with Crippen molar-refractivity contribution < 1.29 is 23.1 Å². The van der Waals surface area contributed by atoms with Gasteiger partial charge in [0.15, 0.2) is 0 Å². The second-order valence-electron chi connectivity index (χ2n) is 6.66. The van der Waals surface area contributed by atoms with Crippen LogP contribution in [0.25, 0.3) is 0 Å². The highest BCUT2D eigenvalue weighted by Crippen LogP contribution is 2.29. The van der Waals surface area contributed by atoms with E-state index in [1.807, 2.05) is 6.92 Å². The number of anilines is 1. The van der Waals surface area contributed by atoms with E-state index in [4.69, 9.17) is 9.84 Å². The van der Waals surface area contributed by atoms with Crippen LogP contribution in [-0.4, -0.2) is 19.5 Å². The standard InChI is InChI=1S/C22H21NO5S/c1-15-7-12-19(23-29(26,27)21-6-4-3-5-16(21)2)20(13-15)28-14-17-8-10-18(11-9-17)22(24)25/h3-13,23H,14H2,1-2H3,(H,24,25). The van der Waals surface area contributed by atoms with Crippen molar-refractivity contribution in [2.75, 3.05) is 4.72 Å². The highest BCUT2D eigenvalue weighted by Gasteiger charge is 2.18. The summed E-state index contributed by atoms with van der Waals surface area (Å²) in [5.74, 6) is -0.603. The topological polar surface area (TPSA) is 92.7 Å². The number of hydrogen-bond donors (Lipinski definition) is 2. The van der Waals surface area contributed by atoms with Crippen molar-refractivity contribution in [3.63, 3.8) is 0 Å². The number of aryl methyl sites for hydroxylation is 2. The third-order valence-corrected chi connectivity index (χ3v) is 5.89. The molecule has 0 aliphatic heterocycles. The quantitative estimate of drug-likeness (QED) is 0.602. The van der Waals surface area contributed by atoms with Gasteiger partial charge >= 0.3 is 5.97 Å². The minimum atomic E-state index is -3.77. The van der Waals surface area contributed by atoms with Crippen molar-refractivity contribution >= 4 is 21.7 Å². The Kier molecular flexibility index (Phi) is 5.89. The first kappa shape index (κ1) is 20.4. The van der Waals surface area contributed by atoms with Crippen LogP contribution in [0.4, 0.5) is 5.69 Å². The second kappa shape index (κ2) is 8.36. The molecule has 3 rings (SSSR count). The predicted octanol–water partition coefficient (Wildman–Crippen LogP) is 4.38. The first-order valence-corrected chi connectivity index (χ1v) is 10.4. The van der Waals surface area contributed by atoms with Gasteiger partial charge in [-0.3, -0.25) is 4.72 Å². The van der Waals surface area contributed by atoms with Gasteiger partial charge in [-0.15, -0.1) is 0 Å². The smallest absolute Gasteiger partial charge is 0.335 e. The molecule has 0 aliphatic rings. The summed E-state index contributed by atoms with van der Waals surface area (Å²) in [6.07, 6.45) is 0. The summed E-state index contributed by atoms with van der Waals surface area (Å²) in [5.41, 5.74) is 2.86. The molecule has 0 heterocycles. The van der Waals surface area contributed by atoms with Gasteiger partial charge in [0.25, 0.3) is 10.0 Å². The number of hydrogen-bond acceptors (Lipinski definition) is 4. The Bertz CT molecular complexity index is 1140. The molecule has 0 saturated carbocycles. The van der Waals surface area contributed by atoms with E-state index in [0.29, 0.717) is 17.0 Å². The van der Waals surface area contributed by atoms with Gasteiger partial charge in [-0.25, -0.2) is 13.2 Å². The van der Waals surface area contributed by atoms with Gasteiger partial charge in [0.2, 0.25) is 0 Å². The molecule has 0 spiro atoms. The van der Waals surface area contributed by atoms with Crippen LogP contribution in [0.2, 0.25) is 0 Å². The Hall–Kier alpha value is -3.32. The fraction of sp³-hybridized carbons (Fsp3) is 0.136. The van der Waals surface area contributed by atoms with E-state index in [0.717, 1.165) is 11.1 Å². The maximum Gasteiger partial charge on any atom is 0.335 e. The number of ether oxygens (including phenoxy) is 1. The molecule has 0 aromatic heterocycles. The van der Waals surface area contributed by atoms with Gasteiger partial charge in [0, 0.05) is 0 Å². The molecule has 150 valence electrons. The molecule has 0 unspecified atom stereocenters. The van der Waals surface area contributed by atoms with Crippen LogP contribution in [0.5, 0.6) is 5.75 Å². The van der Waals surface area contributed by atoms with Crippen molar-refractivity contribution in [1.29, 1.82) is 0 Å². The number of nitrogens with one attached hydrogen (secondary N) is 1. The summed E-state index contributed by atoms with van der Waals surface area (Å²) in [4.78, 5) is 11.2. The maximum absolute atomic E-state index is 12.8. The fourth-order valence-electron chi connectivity index (χ4n) is 2.80. The lowest BCUT2D eigenvalue weighted by Crippen LogP contribution is -2.15. The van der Waals surface area contributed by atoms with E-state index in [1.165, 1.54) is 12.1 Å². The van der Waals surface area contributed by atoms with Crippen LogP contribution >= 0.6 is 0 Å². The van der Waals surface area contributed by atoms with E-state index in [1.54, 1.807) is 61.5 Å². The third-order valence-electron chi connectivity index (χ3n) is 4.36. The van der Waals surface area contributed by atoms with Crippen molar-refractivity contribution in [2.24, 2.45) is 0 Å². The average molecular weight is 411 g/mol. The second-order valence-corrected chi connectivity index (χ2v) is 8.31. The molecule has 0 saturated heterocycles. The largest absolute Gasteiger partial charge is 0.487 e. The molecule has 29 heavy (non-hydrogen) atoms. The number of aromatic carboxylic acids is 1. The van der Waals surface area contributed by atoms with Gasteiger partial charge in [0.05, 0.1) is 16.1 Å². The highest BCUT2D eigenvalue weighted by molar-refractivity contribution is 7.92. The van der Waals surface area contributed by atoms with E-state index in [-0.39, 0.29) is 17.1 Å². The van der Waals surface area contributed by atoms with Crippen LogP contribution in [0.3, 0.4) is 0 Å². The minimum absolute atomic E-state index is 0.169. The molecular formula is C22H21NO5S. The van der Waals surface area contributed by atoms with Gasteiger partial charge in [-0.05, 0) is 60.9 Å². The van der Waals surface area contributed by atoms with Crippen LogP contribution in [0.1, 0.15) is 27.0 Å². The summed E-state index contributed by atoms with van der Waals surface area (Å²) >= 11 is 0. The Morgan fingerprint density at radius 3 is 2.34 bits per heavy atom. The zero-order valence-corrected chi connectivity index (χ0v) is 16.9. The lowest BCUT2D eigenvalue weighted by molar-refractivity contribution is 0.0697. The summed E-state index contributed by atoms with van der Waals surface area (Å²) in [7, 11) is -3.77. The zero-order chi connectivity index (χ0) is 21.0. The average Bonchev–Trinajstić information content (AvgIpc) is 2.68. The van der Waals surface area contributed by atoms with Crippen molar-refractivity contribution in [2.45, 2.75) is 25.3 Å². The molecule has 2 N–H and O–H groups in total. The van der Waals surface area contributed by atoms with E-state index in [9.17, 15) is 13.2 Å². The number of carbonyl (C=O) groups is 1. The van der Waals surface area contributed by atoms with E-state index in [2.05, 4.69) is 4.72 Å². The van der Waals surface area contributed by atoms with Gasteiger partial charge in [-0.1, -0.05) is 36.4 Å². The van der Waals surface area contributed by atoms with Crippen molar-refractivity contribution in [3.05, 3.63) is 89.0 Å². The summed E-state index contributed by atoms with van der Waals surface area (Å²) < 4.78 is 34.1. The predicted molar refractivity (Wildman–Crippen MR) is 111 cm³/mol. The molecule has 3 aromatic rings. The summed E-state index contributed by atoms with van der Waals surface area (Å²) in [5, 5.41) is 8.98. The molecule has 0 bridgehead atoms. The lowest BCUT2D eigenvalue weighted by Gasteiger charge is -2.15. The molecular weight excluding hydrogens is 390 g/mol. The zero-order valence-electron chi connectivity index (χ0n) is 16.0. The lowest BCUT2D eigenvalue weighted by atomic mass is 10.1. The minimum Gasteiger partial charge on any atom is -0.487 e. The third kappa shape index (κ3) is 4.94. The summed E-state index contributed by atoms with van der Waals surface area (Å²) in [6.45, 7) is 3.79. The Morgan fingerprint density at radius 2 is 1.69 bits per heavy atom.